The number of hydrogen-bond donors (Lipinski definition) is 1. The van der Waals surface area contributed by atoms with Gasteiger partial charge in [-0.15, -0.1) is 0 Å². The van der Waals surface area contributed by atoms with E-state index in [1.165, 1.54) is 44.9 Å². The Morgan fingerprint density at radius 1 is 1.10 bits per heavy atom. The zero-order chi connectivity index (χ0) is 15.1. The van der Waals surface area contributed by atoms with Crippen molar-refractivity contribution in [1.82, 2.24) is 9.55 Å². The lowest BCUT2D eigenvalue weighted by Crippen LogP contribution is -2.40. The molecule has 1 heterocycles. The molecule has 0 bridgehead atoms. The molecule has 2 fully saturated rings. The summed E-state index contributed by atoms with van der Waals surface area (Å²) in [5.74, 6) is 1.10. The molecule has 1 aromatic rings. The van der Waals surface area contributed by atoms with E-state index in [2.05, 4.69) is 48.8 Å². The van der Waals surface area contributed by atoms with Gasteiger partial charge >= 0.3 is 0 Å². The first-order valence-electron chi connectivity index (χ1n) is 8.64. The van der Waals surface area contributed by atoms with Gasteiger partial charge in [0.15, 0.2) is 0 Å². The van der Waals surface area contributed by atoms with Crippen molar-refractivity contribution in [2.75, 3.05) is 5.32 Å². The van der Waals surface area contributed by atoms with Crippen LogP contribution in [-0.4, -0.2) is 15.6 Å². The Morgan fingerprint density at radius 3 is 2.33 bits per heavy atom. The van der Waals surface area contributed by atoms with Crippen LogP contribution in [0.2, 0.25) is 0 Å². The van der Waals surface area contributed by atoms with Crippen molar-refractivity contribution in [2.45, 2.75) is 84.7 Å². The van der Waals surface area contributed by atoms with Crippen LogP contribution in [0.5, 0.6) is 0 Å². The van der Waals surface area contributed by atoms with Gasteiger partial charge in [0.25, 0.3) is 0 Å². The van der Waals surface area contributed by atoms with Gasteiger partial charge in [0.05, 0.1) is 0 Å². The Labute approximate surface area is 129 Å². The maximum atomic E-state index is 4.60. The van der Waals surface area contributed by atoms with Crippen molar-refractivity contribution < 1.29 is 0 Å². The van der Waals surface area contributed by atoms with Gasteiger partial charge in [0.2, 0.25) is 5.95 Å². The molecule has 1 N–H and O–H groups in total. The molecule has 3 nitrogen and oxygen atoms in total. The van der Waals surface area contributed by atoms with E-state index in [1.807, 2.05) is 6.20 Å². The van der Waals surface area contributed by atoms with Gasteiger partial charge in [0.1, 0.15) is 0 Å². The van der Waals surface area contributed by atoms with Crippen molar-refractivity contribution in [2.24, 2.45) is 10.8 Å². The molecule has 0 atom stereocenters. The van der Waals surface area contributed by atoms with Crippen molar-refractivity contribution in [1.29, 1.82) is 0 Å². The molecule has 0 aromatic carbocycles. The Hall–Kier alpha value is -0.990. The minimum absolute atomic E-state index is 0.421. The Bertz CT molecular complexity index is 464. The molecule has 0 saturated heterocycles. The van der Waals surface area contributed by atoms with E-state index in [4.69, 9.17) is 0 Å². The van der Waals surface area contributed by atoms with Gasteiger partial charge in [-0.1, -0.05) is 40.5 Å². The summed E-state index contributed by atoms with van der Waals surface area (Å²) < 4.78 is 2.39. The molecule has 118 valence electrons. The van der Waals surface area contributed by atoms with Crippen LogP contribution in [-0.2, 0) is 0 Å². The summed E-state index contributed by atoms with van der Waals surface area (Å²) >= 11 is 0. The highest BCUT2D eigenvalue weighted by molar-refractivity contribution is 5.29. The first-order chi connectivity index (χ1) is 9.85. The number of hydrogen-bond acceptors (Lipinski definition) is 2. The largest absolute Gasteiger partial charge is 0.353 e. The van der Waals surface area contributed by atoms with Crippen LogP contribution in [0.1, 0.15) is 78.7 Å². The van der Waals surface area contributed by atoms with E-state index >= 15 is 0 Å². The fraction of sp³-hybridized carbons (Fsp3) is 0.833. The summed E-state index contributed by atoms with van der Waals surface area (Å²) in [6, 6.07) is 1.21. The molecule has 3 heteroatoms. The smallest absolute Gasteiger partial charge is 0.203 e. The monoisotopic (exact) mass is 289 g/mol. The number of imidazole rings is 1. The third-order valence-corrected chi connectivity index (χ3v) is 5.28. The fourth-order valence-corrected chi connectivity index (χ4v) is 5.03. The maximum absolute atomic E-state index is 4.60. The average molecular weight is 289 g/mol. The molecule has 0 radical (unpaired) electrons. The number of nitrogens with zero attached hydrogens (tertiary/aromatic N) is 2. The standard InChI is InChI=1S/C18H31N3/c1-17(2)11-14(12-18(3,4)13-17)20-16-19-9-10-21(16)15-7-5-6-8-15/h9-10,14-15H,5-8,11-13H2,1-4H3,(H,19,20). The Morgan fingerprint density at radius 2 is 1.71 bits per heavy atom. The van der Waals surface area contributed by atoms with Crippen molar-refractivity contribution in [3.05, 3.63) is 12.4 Å². The molecule has 0 unspecified atom stereocenters. The molecule has 1 aromatic heterocycles. The second-order valence-corrected chi connectivity index (χ2v) is 8.85. The molecular weight excluding hydrogens is 258 g/mol. The van der Waals surface area contributed by atoms with E-state index in [-0.39, 0.29) is 0 Å². The zero-order valence-electron chi connectivity index (χ0n) is 14.2. The number of nitrogens with one attached hydrogen (secondary N) is 1. The Kier molecular flexibility index (Phi) is 3.79. The van der Waals surface area contributed by atoms with Gasteiger partial charge in [-0.3, -0.25) is 0 Å². The van der Waals surface area contributed by atoms with Gasteiger partial charge in [-0.25, -0.2) is 4.98 Å². The van der Waals surface area contributed by atoms with E-state index < -0.39 is 0 Å². The molecule has 0 aliphatic heterocycles. The van der Waals surface area contributed by atoms with Crippen LogP contribution >= 0.6 is 0 Å². The Balaban J connectivity index is 1.73. The van der Waals surface area contributed by atoms with Crippen molar-refractivity contribution in [3.63, 3.8) is 0 Å². The topological polar surface area (TPSA) is 29.9 Å². The minimum atomic E-state index is 0.421. The molecule has 2 saturated carbocycles. The quantitative estimate of drug-likeness (QED) is 0.847. The lowest BCUT2D eigenvalue weighted by molar-refractivity contribution is 0.105. The first kappa shape index (κ1) is 14.9. The summed E-state index contributed by atoms with van der Waals surface area (Å²) in [5, 5.41) is 3.77. The molecule has 0 amide bonds. The van der Waals surface area contributed by atoms with Crippen LogP contribution in [0.25, 0.3) is 0 Å². The third-order valence-electron chi connectivity index (χ3n) is 5.28. The van der Waals surface area contributed by atoms with Crippen LogP contribution in [0.4, 0.5) is 5.95 Å². The van der Waals surface area contributed by atoms with Crippen LogP contribution in [0.15, 0.2) is 12.4 Å². The molecule has 21 heavy (non-hydrogen) atoms. The highest BCUT2D eigenvalue weighted by Gasteiger charge is 2.38. The molecule has 2 aliphatic carbocycles. The van der Waals surface area contributed by atoms with E-state index in [9.17, 15) is 0 Å². The fourth-order valence-electron chi connectivity index (χ4n) is 5.03. The summed E-state index contributed by atoms with van der Waals surface area (Å²) in [7, 11) is 0. The van der Waals surface area contributed by atoms with Gasteiger partial charge in [-0.2, -0.15) is 0 Å². The molecule has 2 aliphatic rings. The third kappa shape index (κ3) is 3.44. The highest BCUT2D eigenvalue weighted by atomic mass is 15.2. The number of anilines is 1. The lowest BCUT2D eigenvalue weighted by Gasteiger charge is -2.45. The van der Waals surface area contributed by atoms with E-state index in [1.54, 1.807) is 0 Å². The molecule has 3 rings (SSSR count). The second-order valence-electron chi connectivity index (χ2n) is 8.85. The average Bonchev–Trinajstić information content (AvgIpc) is 2.93. The normalized spacial score (nSPS) is 26.1. The van der Waals surface area contributed by atoms with Crippen molar-refractivity contribution >= 4 is 5.95 Å². The summed E-state index contributed by atoms with van der Waals surface area (Å²) in [6.45, 7) is 9.64. The van der Waals surface area contributed by atoms with Gasteiger partial charge < -0.3 is 9.88 Å². The predicted molar refractivity (Wildman–Crippen MR) is 88.6 cm³/mol. The van der Waals surface area contributed by atoms with E-state index in [0.717, 1.165) is 5.95 Å². The SMILES string of the molecule is CC1(C)CC(Nc2nccn2C2CCCC2)CC(C)(C)C1. The summed E-state index contributed by atoms with van der Waals surface area (Å²) in [6.07, 6.45) is 13.3. The molecular formula is C18H31N3. The van der Waals surface area contributed by atoms with E-state index in [0.29, 0.717) is 22.9 Å². The number of aromatic nitrogens is 2. The van der Waals surface area contributed by atoms with Gasteiger partial charge in [-0.05, 0) is 42.9 Å². The van der Waals surface area contributed by atoms with Crippen molar-refractivity contribution in [3.8, 4) is 0 Å². The van der Waals surface area contributed by atoms with Crippen LogP contribution in [0.3, 0.4) is 0 Å². The van der Waals surface area contributed by atoms with Crippen LogP contribution in [0, 0.1) is 10.8 Å². The summed E-state index contributed by atoms with van der Waals surface area (Å²) in [4.78, 5) is 4.60. The lowest BCUT2D eigenvalue weighted by atomic mass is 9.63. The second kappa shape index (κ2) is 5.33. The van der Waals surface area contributed by atoms with Gasteiger partial charge in [0, 0.05) is 24.5 Å². The number of rotatable bonds is 3. The maximum Gasteiger partial charge on any atom is 0.203 e. The first-order valence-corrected chi connectivity index (χ1v) is 8.64. The minimum Gasteiger partial charge on any atom is -0.353 e. The molecule has 0 spiro atoms. The summed E-state index contributed by atoms with van der Waals surface area (Å²) in [5.41, 5.74) is 0.842. The zero-order valence-corrected chi connectivity index (χ0v) is 14.2. The predicted octanol–water partition coefficient (Wildman–Crippen LogP) is 5.02. The highest BCUT2D eigenvalue weighted by Crippen LogP contribution is 2.46. The van der Waals surface area contributed by atoms with Crippen LogP contribution < -0.4 is 5.32 Å².